The molecule has 0 aliphatic heterocycles. The van der Waals surface area contributed by atoms with Gasteiger partial charge in [-0.05, 0) is 19.1 Å². The number of carboxylic acid groups (broad SMARTS) is 1. The van der Waals surface area contributed by atoms with Crippen molar-refractivity contribution in [1.29, 1.82) is 0 Å². The molecule has 0 fully saturated rings. The van der Waals surface area contributed by atoms with Gasteiger partial charge in [0.05, 0.1) is 25.3 Å². The Bertz CT molecular complexity index is 717. The fraction of sp³-hybridized carbons (Fsp3) is 0.353. The van der Waals surface area contributed by atoms with Gasteiger partial charge in [0.1, 0.15) is 11.6 Å². The topological polar surface area (TPSA) is 101 Å². The van der Waals surface area contributed by atoms with Gasteiger partial charge in [0.15, 0.2) is 11.5 Å². The van der Waals surface area contributed by atoms with Crippen LogP contribution in [0.5, 0.6) is 11.5 Å². The number of ether oxygens (including phenoxy) is 2. The molecule has 0 saturated heterocycles. The fourth-order valence-electron chi connectivity index (χ4n) is 2.05. The van der Waals surface area contributed by atoms with Gasteiger partial charge in [-0.25, -0.2) is 4.98 Å². The van der Waals surface area contributed by atoms with Gasteiger partial charge in [-0.2, -0.15) is 0 Å². The van der Waals surface area contributed by atoms with Crippen LogP contribution in [-0.2, 0) is 22.4 Å². The predicted molar refractivity (Wildman–Crippen MR) is 90.6 cm³/mol. The summed E-state index contributed by atoms with van der Waals surface area (Å²) in [4.78, 5) is 26.5. The number of nitrogens with one attached hydrogen (secondary N) is 1. The number of para-hydroxylation sites is 2. The van der Waals surface area contributed by atoms with E-state index >= 15 is 0 Å². The van der Waals surface area contributed by atoms with Crippen LogP contribution >= 0.6 is 11.3 Å². The summed E-state index contributed by atoms with van der Waals surface area (Å²) < 4.78 is 11.1. The lowest BCUT2D eigenvalue weighted by Gasteiger charge is -2.11. The van der Waals surface area contributed by atoms with Crippen molar-refractivity contribution in [1.82, 2.24) is 10.3 Å². The second-order valence-corrected chi connectivity index (χ2v) is 5.98. The largest absolute Gasteiger partial charge is 0.550 e. The summed E-state index contributed by atoms with van der Waals surface area (Å²) in [6.07, 6.45) is -0.140. The maximum Gasteiger partial charge on any atom is 0.226 e. The first-order valence-corrected chi connectivity index (χ1v) is 8.71. The number of aliphatic carboxylic acids is 1. The number of thiazole rings is 1. The summed E-state index contributed by atoms with van der Waals surface area (Å²) in [5.74, 6) is -0.0909. The summed E-state index contributed by atoms with van der Waals surface area (Å²) in [6, 6.07) is 7.34. The molecule has 8 heteroatoms. The van der Waals surface area contributed by atoms with Crippen LogP contribution in [-0.4, -0.2) is 36.6 Å². The summed E-state index contributed by atoms with van der Waals surface area (Å²) >= 11 is 1.25. The molecule has 1 amide bonds. The molecule has 0 spiro atoms. The molecular weight excluding hydrogens is 344 g/mol. The van der Waals surface area contributed by atoms with Crippen molar-refractivity contribution in [3.63, 3.8) is 0 Å². The average molecular weight is 363 g/mol. The Morgan fingerprint density at radius 1 is 1.20 bits per heavy atom. The second kappa shape index (κ2) is 9.63. The van der Waals surface area contributed by atoms with E-state index in [4.69, 9.17) is 9.47 Å². The van der Waals surface area contributed by atoms with Gasteiger partial charge in [0.2, 0.25) is 5.91 Å². The smallest absolute Gasteiger partial charge is 0.226 e. The number of amides is 1. The van der Waals surface area contributed by atoms with E-state index in [-0.39, 0.29) is 18.7 Å². The molecule has 25 heavy (non-hydrogen) atoms. The monoisotopic (exact) mass is 363 g/mol. The molecule has 0 saturated carbocycles. The maximum absolute atomic E-state index is 11.9. The quantitative estimate of drug-likeness (QED) is 0.620. The Labute approximate surface area is 149 Å². The number of carbonyl (C=O) groups is 2. The molecule has 1 heterocycles. The van der Waals surface area contributed by atoms with Gasteiger partial charge >= 0.3 is 0 Å². The SMILES string of the molecule is CCOc1ccccc1OCCNC(=O)Cc1nc(CC(=O)[O-])cs1. The normalized spacial score (nSPS) is 10.3. The minimum absolute atomic E-state index is 0.104. The Morgan fingerprint density at radius 3 is 2.60 bits per heavy atom. The first-order valence-electron chi connectivity index (χ1n) is 7.83. The number of carboxylic acids is 1. The van der Waals surface area contributed by atoms with Crippen LogP contribution in [0.2, 0.25) is 0 Å². The van der Waals surface area contributed by atoms with Crippen LogP contribution in [0.1, 0.15) is 17.6 Å². The van der Waals surface area contributed by atoms with Crippen LogP contribution in [0.4, 0.5) is 0 Å². The molecule has 0 atom stereocenters. The number of benzene rings is 1. The van der Waals surface area contributed by atoms with E-state index in [9.17, 15) is 14.7 Å². The van der Waals surface area contributed by atoms with E-state index in [0.717, 1.165) is 0 Å². The number of hydrogen-bond donors (Lipinski definition) is 1. The third-order valence-electron chi connectivity index (χ3n) is 3.07. The molecule has 2 aromatic rings. The Kier molecular flexibility index (Phi) is 7.21. The molecule has 7 nitrogen and oxygen atoms in total. The highest BCUT2D eigenvalue weighted by Crippen LogP contribution is 2.26. The van der Waals surface area contributed by atoms with Gasteiger partial charge in [-0.3, -0.25) is 4.79 Å². The molecule has 0 aliphatic rings. The molecule has 1 N–H and O–H groups in total. The average Bonchev–Trinajstić information content (AvgIpc) is 2.99. The van der Waals surface area contributed by atoms with Gasteiger partial charge in [0.25, 0.3) is 0 Å². The zero-order chi connectivity index (χ0) is 18.1. The van der Waals surface area contributed by atoms with E-state index in [1.54, 1.807) is 11.4 Å². The molecule has 0 aliphatic carbocycles. The van der Waals surface area contributed by atoms with E-state index < -0.39 is 5.97 Å². The van der Waals surface area contributed by atoms with Gasteiger partial charge in [-0.1, -0.05) is 12.1 Å². The molecule has 134 valence electrons. The molecule has 1 aromatic heterocycles. The van der Waals surface area contributed by atoms with Crippen molar-refractivity contribution >= 4 is 23.2 Å². The van der Waals surface area contributed by atoms with E-state index in [0.29, 0.717) is 42.0 Å². The number of aromatic nitrogens is 1. The first kappa shape index (κ1) is 18.7. The van der Waals surface area contributed by atoms with Gasteiger partial charge < -0.3 is 24.7 Å². The number of carbonyl (C=O) groups excluding carboxylic acids is 2. The van der Waals surface area contributed by atoms with Crippen LogP contribution in [0, 0.1) is 0 Å². The second-order valence-electron chi connectivity index (χ2n) is 5.04. The maximum atomic E-state index is 11.9. The number of rotatable bonds is 10. The van der Waals surface area contributed by atoms with E-state index in [1.165, 1.54) is 11.3 Å². The van der Waals surface area contributed by atoms with Crippen LogP contribution in [0.3, 0.4) is 0 Å². The zero-order valence-corrected chi connectivity index (χ0v) is 14.6. The number of nitrogens with zero attached hydrogens (tertiary/aromatic N) is 1. The minimum Gasteiger partial charge on any atom is -0.550 e. The molecule has 0 radical (unpaired) electrons. The predicted octanol–water partition coefficient (Wildman–Crippen LogP) is 0.572. The molecule has 0 bridgehead atoms. The highest BCUT2D eigenvalue weighted by molar-refractivity contribution is 7.09. The van der Waals surface area contributed by atoms with Crippen molar-refractivity contribution < 1.29 is 24.2 Å². The summed E-state index contributed by atoms with van der Waals surface area (Å²) in [6.45, 7) is 3.10. The van der Waals surface area contributed by atoms with Crippen molar-refractivity contribution in [2.45, 2.75) is 19.8 Å². The fourth-order valence-corrected chi connectivity index (χ4v) is 2.85. The lowest BCUT2D eigenvalue weighted by Crippen LogP contribution is -2.29. The third-order valence-corrected chi connectivity index (χ3v) is 3.96. The third kappa shape index (κ3) is 6.42. The Balaban J connectivity index is 1.72. The van der Waals surface area contributed by atoms with E-state index in [1.807, 2.05) is 25.1 Å². The van der Waals surface area contributed by atoms with E-state index in [2.05, 4.69) is 10.3 Å². The van der Waals surface area contributed by atoms with Crippen molar-refractivity contribution in [3.05, 3.63) is 40.3 Å². The van der Waals surface area contributed by atoms with Crippen LogP contribution < -0.4 is 19.9 Å². The summed E-state index contributed by atoms with van der Waals surface area (Å²) in [5.41, 5.74) is 0.406. The Morgan fingerprint density at radius 2 is 1.92 bits per heavy atom. The van der Waals surface area contributed by atoms with Gasteiger partial charge in [0, 0.05) is 17.8 Å². The highest BCUT2D eigenvalue weighted by Gasteiger charge is 2.08. The summed E-state index contributed by atoms with van der Waals surface area (Å²) in [7, 11) is 0. The molecule has 1 aromatic carbocycles. The van der Waals surface area contributed by atoms with Crippen molar-refractivity contribution in [2.24, 2.45) is 0 Å². The molecule has 2 rings (SSSR count). The minimum atomic E-state index is -1.19. The van der Waals surface area contributed by atoms with Crippen LogP contribution in [0.15, 0.2) is 29.6 Å². The lowest BCUT2D eigenvalue weighted by molar-refractivity contribution is -0.304. The van der Waals surface area contributed by atoms with Crippen molar-refractivity contribution in [2.75, 3.05) is 19.8 Å². The lowest BCUT2D eigenvalue weighted by atomic mass is 10.3. The highest BCUT2D eigenvalue weighted by atomic mass is 32.1. The van der Waals surface area contributed by atoms with Crippen LogP contribution in [0.25, 0.3) is 0 Å². The van der Waals surface area contributed by atoms with Crippen molar-refractivity contribution in [3.8, 4) is 11.5 Å². The standard InChI is InChI=1S/C17H20N2O5S/c1-2-23-13-5-3-4-6-14(13)24-8-7-18-15(20)10-16-19-12(11-25-16)9-17(21)22/h3-6,11H,2,7-10H2,1H3,(H,18,20)(H,21,22)/p-1. The zero-order valence-electron chi connectivity index (χ0n) is 13.8. The molecule has 0 unspecified atom stereocenters. The molecular formula is C17H19N2O5S-. The first-order chi connectivity index (χ1) is 12.1. The number of hydrogen-bond acceptors (Lipinski definition) is 7. The Hall–Kier alpha value is -2.61. The summed E-state index contributed by atoms with van der Waals surface area (Å²) in [5, 5.41) is 15.4. The van der Waals surface area contributed by atoms with Gasteiger partial charge in [-0.15, -0.1) is 11.3 Å².